The first-order valence-electron chi connectivity index (χ1n) is 8.77. The van der Waals surface area contributed by atoms with Crippen molar-refractivity contribution in [3.63, 3.8) is 0 Å². The van der Waals surface area contributed by atoms with Crippen LogP contribution in [0.15, 0.2) is 36.7 Å². The van der Waals surface area contributed by atoms with E-state index in [1.165, 1.54) is 11.0 Å². The molecule has 2 heterocycles. The van der Waals surface area contributed by atoms with Crippen molar-refractivity contribution in [2.24, 2.45) is 0 Å². The summed E-state index contributed by atoms with van der Waals surface area (Å²) in [5.41, 5.74) is 1.58. The summed E-state index contributed by atoms with van der Waals surface area (Å²) in [7, 11) is 0. The molecule has 1 aliphatic rings. The molecule has 1 aromatic heterocycles. The number of hydrogen-bond acceptors (Lipinski definition) is 5. The number of halogens is 3. The van der Waals surface area contributed by atoms with Gasteiger partial charge in [0.15, 0.2) is 5.82 Å². The topological polar surface area (TPSA) is 64.0 Å². The molecule has 0 amide bonds. The van der Waals surface area contributed by atoms with Gasteiger partial charge in [-0.25, -0.2) is 17.9 Å². The van der Waals surface area contributed by atoms with Crippen LogP contribution >= 0.6 is 0 Å². The van der Waals surface area contributed by atoms with Crippen LogP contribution in [0.1, 0.15) is 12.0 Å². The Labute approximate surface area is 159 Å². The first-order valence-corrected chi connectivity index (χ1v) is 8.77. The number of nitrogens with one attached hydrogen (secondary N) is 2. The Balaban J connectivity index is 1.57. The van der Waals surface area contributed by atoms with Crippen molar-refractivity contribution in [2.45, 2.75) is 19.4 Å². The van der Waals surface area contributed by atoms with E-state index in [4.69, 9.17) is 4.74 Å². The molecule has 1 saturated heterocycles. The Kier molecular flexibility index (Phi) is 4.91. The molecule has 1 unspecified atom stereocenters. The molecule has 4 rings (SSSR count). The van der Waals surface area contributed by atoms with E-state index in [0.717, 1.165) is 30.2 Å². The van der Waals surface area contributed by atoms with Gasteiger partial charge in [-0.1, -0.05) is 0 Å². The van der Waals surface area contributed by atoms with Gasteiger partial charge >= 0.3 is 0 Å². The van der Waals surface area contributed by atoms with E-state index >= 15 is 0 Å². The molecule has 28 heavy (non-hydrogen) atoms. The van der Waals surface area contributed by atoms with Crippen LogP contribution in [0, 0.1) is 24.4 Å². The van der Waals surface area contributed by atoms with E-state index < -0.39 is 17.5 Å². The van der Waals surface area contributed by atoms with Crippen LogP contribution in [0.2, 0.25) is 0 Å². The van der Waals surface area contributed by atoms with Gasteiger partial charge in [0.2, 0.25) is 5.95 Å². The van der Waals surface area contributed by atoms with Crippen LogP contribution in [-0.4, -0.2) is 34.0 Å². The van der Waals surface area contributed by atoms with Crippen molar-refractivity contribution in [1.29, 1.82) is 0 Å². The quantitative estimate of drug-likeness (QED) is 0.692. The Morgan fingerprint density at radius 3 is 2.54 bits per heavy atom. The van der Waals surface area contributed by atoms with Crippen LogP contribution in [0.3, 0.4) is 0 Å². The SMILES string of the molecule is Cc1cc(Nc2ncn(-c3cc(F)cc(F)c3)n2)c(F)c(NC2CCOC2)c1. The highest BCUT2D eigenvalue weighted by atomic mass is 19.1. The molecule has 1 atom stereocenters. The molecule has 2 N–H and O–H groups in total. The maximum atomic E-state index is 14.9. The zero-order chi connectivity index (χ0) is 19.7. The predicted molar refractivity (Wildman–Crippen MR) is 98.5 cm³/mol. The Morgan fingerprint density at radius 1 is 1.07 bits per heavy atom. The lowest BCUT2D eigenvalue weighted by atomic mass is 10.1. The smallest absolute Gasteiger partial charge is 0.247 e. The van der Waals surface area contributed by atoms with Crippen LogP contribution < -0.4 is 10.6 Å². The molecule has 1 aliphatic heterocycles. The molecule has 9 heteroatoms. The number of hydrogen-bond donors (Lipinski definition) is 2. The van der Waals surface area contributed by atoms with Gasteiger partial charge < -0.3 is 15.4 Å². The second kappa shape index (κ2) is 7.51. The fourth-order valence-corrected chi connectivity index (χ4v) is 3.07. The summed E-state index contributed by atoms with van der Waals surface area (Å²) in [6.45, 7) is 3.03. The van der Waals surface area contributed by atoms with Gasteiger partial charge in [0.25, 0.3) is 0 Å². The fraction of sp³-hybridized carbons (Fsp3) is 0.263. The van der Waals surface area contributed by atoms with E-state index in [2.05, 4.69) is 20.7 Å². The fourth-order valence-electron chi connectivity index (χ4n) is 3.07. The highest BCUT2D eigenvalue weighted by Gasteiger charge is 2.19. The van der Waals surface area contributed by atoms with Gasteiger partial charge in [0.05, 0.1) is 29.7 Å². The van der Waals surface area contributed by atoms with Crippen molar-refractivity contribution in [3.05, 3.63) is 59.7 Å². The van der Waals surface area contributed by atoms with Crippen molar-refractivity contribution in [2.75, 3.05) is 23.8 Å². The first kappa shape index (κ1) is 18.3. The minimum Gasteiger partial charge on any atom is -0.379 e. The molecular formula is C19H18F3N5O. The molecule has 0 radical (unpaired) electrons. The second-order valence-electron chi connectivity index (χ2n) is 6.64. The Morgan fingerprint density at radius 2 is 1.82 bits per heavy atom. The largest absolute Gasteiger partial charge is 0.379 e. The summed E-state index contributed by atoms with van der Waals surface area (Å²) in [5, 5.41) is 10.1. The zero-order valence-corrected chi connectivity index (χ0v) is 15.0. The second-order valence-corrected chi connectivity index (χ2v) is 6.64. The standard InChI is InChI=1S/C19H18F3N5O/c1-11-4-16(24-14-2-3-28-9-14)18(22)17(5-11)25-19-23-10-27(26-19)15-7-12(20)6-13(21)8-15/h4-8,10,14,24H,2-3,9H2,1H3,(H,25,26). The van der Waals surface area contributed by atoms with Gasteiger partial charge in [-0.3, -0.25) is 0 Å². The first-order chi connectivity index (χ1) is 13.5. The van der Waals surface area contributed by atoms with E-state index in [0.29, 0.717) is 18.9 Å². The van der Waals surface area contributed by atoms with E-state index in [1.807, 2.05) is 6.92 Å². The van der Waals surface area contributed by atoms with Crippen LogP contribution in [-0.2, 0) is 4.74 Å². The average Bonchev–Trinajstić information content (AvgIpc) is 3.30. The molecular weight excluding hydrogens is 371 g/mol. The van der Waals surface area contributed by atoms with Crippen LogP contribution in [0.4, 0.5) is 30.5 Å². The van der Waals surface area contributed by atoms with Crippen molar-refractivity contribution in [3.8, 4) is 5.69 Å². The van der Waals surface area contributed by atoms with Crippen LogP contribution in [0.5, 0.6) is 0 Å². The normalized spacial score (nSPS) is 16.4. The summed E-state index contributed by atoms with van der Waals surface area (Å²) in [6.07, 6.45) is 2.10. The van der Waals surface area contributed by atoms with E-state index in [1.54, 1.807) is 12.1 Å². The van der Waals surface area contributed by atoms with Gasteiger partial charge in [0.1, 0.15) is 18.0 Å². The number of rotatable bonds is 5. The average molecular weight is 389 g/mol. The molecule has 6 nitrogen and oxygen atoms in total. The third kappa shape index (κ3) is 3.94. The van der Waals surface area contributed by atoms with E-state index in [-0.39, 0.29) is 23.4 Å². The molecule has 0 bridgehead atoms. The van der Waals surface area contributed by atoms with Gasteiger partial charge in [0, 0.05) is 12.7 Å². The highest BCUT2D eigenvalue weighted by Crippen LogP contribution is 2.28. The lowest BCUT2D eigenvalue weighted by Gasteiger charge is -2.16. The summed E-state index contributed by atoms with van der Waals surface area (Å²) in [6, 6.07) is 6.44. The van der Waals surface area contributed by atoms with Crippen molar-refractivity contribution >= 4 is 17.3 Å². The van der Waals surface area contributed by atoms with Crippen LogP contribution in [0.25, 0.3) is 5.69 Å². The van der Waals surface area contributed by atoms with Gasteiger partial charge in [-0.05, 0) is 43.2 Å². The number of aromatic nitrogens is 3. The predicted octanol–water partition coefficient (Wildman–Crippen LogP) is 3.94. The molecule has 0 spiro atoms. The van der Waals surface area contributed by atoms with Gasteiger partial charge in [-0.2, -0.15) is 4.98 Å². The molecule has 3 aromatic rings. The number of aryl methyl sites for hydroxylation is 1. The molecule has 0 saturated carbocycles. The third-order valence-electron chi connectivity index (χ3n) is 4.36. The summed E-state index contributed by atoms with van der Waals surface area (Å²) in [4.78, 5) is 4.04. The molecule has 146 valence electrons. The number of anilines is 3. The maximum absolute atomic E-state index is 14.9. The molecule has 0 aliphatic carbocycles. The van der Waals surface area contributed by atoms with Crippen molar-refractivity contribution in [1.82, 2.24) is 14.8 Å². The zero-order valence-electron chi connectivity index (χ0n) is 15.0. The minimum absolute atomic E-state index is 0.0596. The van der Waals surface area contributed by atoms with E-state index in [9.17, 15) is 13.2 Å². The monoisotopic (exact) mass is 389 g/mol. The Hall–Kier alpha value is -3.07. The summed E-state index contributed by atoms with van der Waals surface area (Å²) >= 11 is 0. The van der Waals surface area contributed by atoms with Gasteiger partial charge in [-0.15, -0.1) is 5.10 Å². The Bertz CT molecular complexity index is 981. The maximum Gasteiger partial charge on any atom is 0.247 e. The van der Waals surface area contributed by atoms with Crippen molar-refractivity contribution < 1.29 is 17.9 Å². The summed E-state index contributed by atoms with van der Waals surface area (Å²) in [5.74, 6) is -1.82. The number of benzene rings is 2. The highest BCUT2D eigenvalue weighted by molar-refractivity contribution is 5.64. The lowest BCUT2D eigenvalue weighted by molar-refractivity contribution is 0.195. The molecule has 1 fully saturated rings. The lowest BCUT2D eigenvalue weighted by Crippen LogP contribution is -2.20. The molecule has 2 aromatic carbocycles. The number of nitrogens with zero attached hydrogens (tertiary/aromatic N) is 3. The third-order valence-corrected chi connectivity index (χ3v) is 4.36. The number of ether oxygens (including phenoxy) is 1. The summed E-state index contributed by atoms with van der Waals surface area (Å²) < 4.78 is 48.2. The minimum atomic E-state index is -0.726.